The molecule has 1 aliphatic rings. The number of hydrogen-bond acceptors (Lipinski definition) is 2. The van der Waals surface area contributed by atoms with Crippen molar-refractivity contribution in [3.05, 3.63) is 12.7 Å². The Bertz CT molecular complexity index is 229. The van der Waals surface area contributed by atoms with Crippen LogP contribution >= 0.6 is 0 Å². The van der Waals surface area contributed by atoms with Crippen LogP contribution in [0.25, 0.3) is 0 Å². The Balaban J connectivity index is 2.63. The van der Waals surface area contributed by atoms with Gasteiger partial charge in [-0.3, -0.25) is 0 Å². The van der Waals surface area contributed by atoms with Crippen LogP contribution in [0.3, 0.4) is 0 Å². The Hall–Kier alpha value is -0.340. The number of hydrogen-bond donors (Lipinski definition) is 2. The quantitative estimate of drug-likeness (QED) is 0.699. The van der Waals surface area contributed by atoms with Gasteiger partial charge >= 0.3 is 0 Å². The lowest BCUT2D eigenvalue weighted by atomic mass is 9.64. The van der Waals surface area contributed by atoms with E-state index in [9.17, 15) is 10.2 Å². The number of aliphatic hydroxyl groups is 2. The molecule has 0 saturated heterocycles. The van der Waals surface area contributed by atoms with E-state index in [1.807, 2.05) is 19.9 Å². The molecule has 2 heteroatoms. The Labute approximate surface area is 106 Å². The molecule has 2 unspecified atom stereocenters. The van der Waals surface area contributed by atoms with Crippen molar-refractivity contribution >= 4 is 0 Å². The van der Waals surface area contributed by atoms with E-state index in [0.717, 1.165) is 44.9 Å². The molecule has 0 spiro atoms. The smallest absolute Gasteiger partial charge is 0.0596 e. The molecule has 1 aliphatic carbocycles. The molecular weight excluding hydrogens is 212 g/mol. The summed E-state index contributed by atoms with van der Waals surface area (Å²) in [7, 11) is 0. The summed E-state index contributed by atoms with van der Waals surface area (Å²) >= 11 is 0. The molecule has 0 bridgehead atoms. The maximum atomic E-state index is 10.2. The summed E-state index contributed by atoms with van der Waals surface area (Å²) in [6.07, 6.45) is 8.25. The highest BCUT2D eigenvalue weighted by Gasteiger charge is 2.40. The van der Waals surface area contributed by atoms with Gasteiger partial charge in [-0.2, -0.15) is 0 Å². The van der Waals surface area contributed by atoms with Crippen molar-refractivity contribution in [2.75, 3.05) is 0 Å². The lowest BCUT2D eigenvalue weighted by Crippen LogP contribution is -2.40. The highest BCUT2D eigenvalue weighted by atomic mass is 16.3. The van der Waals surface area contributed by atoms with E-state index in [1.54, 1.807) is 0 Å². The fourth-order valence-corrected chi connectivity index (χ4v) is 3.33. The van der Waals surface area contributed by atoms with Crippen LogP contribution in [-0.2, 0) is 0 Å². The molecule has 0 aromatic heterocycles. The molecule has 0 amide bonds. The second-order valence-electron chi connectivity index (χ2n) is 5.59. The number of allylic oxidation sites excluding steroid dienone is 1. The maximum absolute atomic E-state index is 10.2. The van der Waals surface area contributed by atoms with Crippen LogP contribution in [0.4, 0.5) is 0 Å². The molecule has 0 aromatic rings. The van der Waals surface area contributed by atoms with Crippen LogP contribution in [0.15, 0.2) is 12.7 Å². The van der Waals surface area contributed by atoms with Crippen LogP contribution in [-0.4, -0.2) is 22.4 Å². The van der Waals surface area contributed by atoms with Crippen LogP contribution in [0.1, 0.15) is 58.8 Å². The van der Waals surface area contributed by atoms with Gasteiger partial charge in [-0.05, 0) is 56.3 Å². The normalized spacial score (nSPS) is 33.1. The lowest BCUT2D eigenvalue weighted by molar-refractivity contribution is -0.0335. The zero-order chi connectivity index (χ0) is 12.9. The first kappa shape index (κ1) is 14.7. The average molecular weight is 240 g/mol. The Morgan fingerprint density at radius 1 is 1.24 bits per heavy atom. The van der Waals surface area contributed by atoms with Crippen LogP contribution in [0.5, 0.6) is 0 Å². The number of aliphatic hydroxyl groups excluding tert-OH is 2. The lowest BCUT2D eigenvalue weighted by Gasteiger charge is -2.44. The van der Waals surface area contributed by atoms with Crippen LogP contribution in [0, 0.1) is 11.3 Å². The SMILES string of the molecule is C=CCC1(C(O)CC)CCC(C(O)CC)CC1. The molecule has 2 nitrogen and oxygen atoms in total. The zero-order valence-electron chi connectivity index (χ0n) is 11.4. The maximum Gasteiger partial charge on any atom is 0.0596 e. The van der Waals surface area contributed by atoms with Crippen molar-refractivity contribution in [2.45, 2.75) is 71.0 Å². The largest absolute Gasteiger partial charge is 0.393 e. The van der Waals surface area contributed by atoms with Gasteiger partial charge in [-0.1, -0.05) is 19.9 Å². The van der Waals surface area contributed by atoms with E-state index >= 15 is 0 Å². The van der Waals surface area contributed by atoms with E-state index in [4.69, 9.17) is 0 Å². The third-order valence-electron chi connectivity index (χ3n) is 4.63. The first-order valence-corrected chi connectivity index (χ1v) is 7.06. The van der Waals surface area contributed by atoms with E-state index in [2.05, 4.69) is 6.58 Å². The van der Waals surface area contributed by atoms with Crippen molar-refractivity contribution in [1.29, 1.82) is 0 Å². The van der Waals surface area contributed by atoms with Crippen molar-refractivity contribution < 1.29 is 10.2 Å². The molecule has 1 saturated carbocycles. The molecule has 100 valence electrons. The first-order valence-electron chi connectivity index (χ1n) is 7.06. The minimum atomic E-state index is -0.222. The third kappa shape index (κ3) is 3.32. The van der Waals surface area contributed by atoms with Gasteiger partial charge in [0.15, 0.2) is 0 Å². The van der Waals surface area contributed by atoms with Gasteiger partial charge in [0.1, 0.15) is 0 Å². The molecule has 1 rings (SSSR count). The van der Waals surface area contributed by atoms with Crippen molar-refractivity contribution in [2.24, 2.45) is 11.3 Å². The average Bonchev–Trinajstić information content (AvgIpc) is 2.38. The molecule has 2 atom stereocenters. The van der Waals surface area contributed by atoms with E-state index < -0.39 is 0 Å². The third-order valence-corrected chi connectivity index (χ3v) is 4.63. The van der Waals surface area contributed by atoms with E-state index in [0.29, 0.717) is 5.92 Å². The first-order chi connectivity index (χ1) is 8.09. The zero-order valence-corrected chi connectivity index (χ0v) is 11.4. The van der Waals surface area contributed by atoms with Gasteiger partial charge in [0, 0.05) is 0 Å². The molecular formula is C15H28O2. The summed E-state index contributed by atoms with van der Waals surface area (Å²) in [6.45, 7) is 7.91. The van der Waals surface area contributed by atoms with Gasteiger partial charge in [0.25, 0.3) is 0 Å². The standard InChI is InChI=1S/C15H28O2/c1-4-9-15(14(17)6-3)10-7-12(8-11-15)13(16)5-2/h4,12-14,16-17H,1,5-11H2,2-3H3. The monoisotopic (exact) mass is 240 g/mol. The summed E-state index contributed by atoms with van der Waals surface area (Å²) in [5.41, 5.74) is 0.0282. The molecule has 0 aliphatic heterocycles. The fourth-order valence-electron chi connectivity index (χ4n) is 3.33. The van der Waals surface area contributed by atoms with Gasteiger partial charge in [-0.15, -0.1) is 6.58 Å². The molecule has 2 N–H and O–H groups in total. The summed E-state index contributed by atoms with van der Waals surface area (Å²) in [5.74, 6) is 0.432. The Morgan fingerprint density at radius 2 is 1.82 bits per heavy atom. The fraction of sp³-hybridized carbons (Fsp3) is 0.867. The Kier molecular flexibility index (Phi) is 5.68. The second-order valence-corrected chi connectivity index (χ2v) is 5.59. The highest BCUT2D eigenvalue weighted by Crippen LogP contribution is 2.46. The topological polar surface area (TPSA) is 40.5 Å². The Morgan fingerprint density at radius 3 is 2.24 bits per heavy atom. The van der Waals surface area contributed by atoms with Gasteiger partial charge in [0.05, 0.1) is 12.2 Å². The summed E-state index contributed by atoms with van der Waals surface area (Å²) in [5, 5.41) is 20.1. The molecule has 0 heterocycles. The van der Waals surface area contributed by atoms with Crippen LogP contribution < -0.4 is 0 Å². The highest BCUT2D eigenvalue weighted by molar-refractivity contribution is 4.95. The van der Waals surface area contributed by atoms with Gasteiger partial charge in [0.2, 0.25) is 0 Å². The molecule has 0 radical (unpaired) electrons. The predicted molar refractivity (Wildman–Crippen MR) is 71.8 cm³/mol. The summed E-state index contributed by atoms with van der Waals surface area (Å²) < 4.78 is 0. The minimum Gasteiger partial charge on any atom is -0.393 e. The summed E-state index contributed by atoms with van der Waals surface area (Å²) in [6, 6.07) is 0. The predicted octanol–water partition coefficient (Wildman–Crippen LogP) is 3.28. The molecule has 17 heavy (non-hydrogen) atoms. The second kappa shape index (κ2) is 6.55. The molecule has 0 aromatic carbocycles. The van der Waals surface area contributed by atoms with Crippen molar-refractivity contribution in [3.63, 3.8) is 0 Å². The molecule has 1 fully saturated rings. The van der Waals surface area contributed by atoms with E-state index in [-0.39, 0.29) is 17.6 Å². The van der Waals surface area contributed by atoms with Crippen LogP contribution in [0.2, 0.25) is 0 Å². The minimum absolute atomic E-state index is 0.0282. The van der Waals surface area contributed by atoms with Crippen molar-refractivity contribution in [3.8, 4) is 0 Å². The van der Waals surface area contributed by atoms with Gasteiger partial charge < -0.3 is 10.2 Å². The van der Waals surface area contributed by atoms with E-state index in [1.165, 1.54) is 0 Å². The van der Waals surface area contributed by atoms with Crippen molar-refractivity contribution in [1.82, 2.24) is 0 Å². The summed E-state index contributed by atoms with van der Waals surface area (Å²) in [4.78, 5) is 0. The number of rotatable bonds is 6. The van der Waals surface area contributed by atoms with Gasteiger partial charge in [-0.25, -0.2) is 0 Å².